The molecule has 0 aliphatic rings. The fourth-order valence-electron chi connectivity index (χ4n) is 2.05. The Labute approximate surface area is 131 Å². The van der Waals surface area contributed by atoms with Gasteiger partial charge in [-0.15, -0.1) is 11.3 Å². The van der Waals surface area contributed by atoms with Crippen molar-refractivity contribution in [3.63, 3.8) is 0 Å². The second-order valence-electron chi connectivity index (χ2n) is 4.72. The zero-order valence-electron chi connectivity index (χ0n) is 12.1. The number of hydrogen-bond acceptors (Lipinski definition) is 6. The molecule has 0 atom stereocenters. The lowest BCUT2D eigenvalue weighted by molar-refractivity contribution is -0.119. The van der Waals surface area contributed by atoms with Gasteiger partial charge in [0, 0.05) is 4.88 Å². The number of nitrogens with one attached hydrogen (secondary N) is 2. The number of fused-ring (bicyclic) bond motifs is 1. The Hall–Kier alpha value is -2.41. The molecule has 0 spiro atoms. The van der Waals surface area contributed by atoms with Crippen LogP contribution in [0, 0.1) is 0 Å². The van der Waals surface area contributed by atoms with Crippen molar-refractivity contribution in [1.29, 1.82) is 0 Å². The molecular weight excluding hydrogens is 300 g/mol. The van der Waals surface area contributed by atoms with Gasteiger partial charge in [-0.25, -0.2) is 9.97 Å². The molecule has 3 aromatic heterocycles. The van der Waals surface area contributed by atoms with Crippen LogP contribution < -0.4 is 10.6 Å². The summed E-state index contributed by atoms with van der Waals surface area (Å²) in [5, 5.41) is 6.81. The average Bonchev–Trinajstić information content (AvgIpc) is 3.19. The van der Waals surface area contributed by atoms with E-state index in [0.29, 0.717) is 12.4 Å². The molecule has 1 amide bonds. The second kappa shape index (κ2) is 6.57. The number of carbonyl (C=O) groups excluding carboxylic acids is 1. The molecule has 0 unspecified atom stereocenters. The van der Waals surface area contributed by atoms with Crippen molar-refractivity contribution in [3.8, 4) is 0 Å². The van der Waals surface area contributed by atoms with Crippen LogP contribution in [0.1, 0.15) is 17.6 Å². The number of amides is 1. The summed E-state index contributed by atoms with van der Waals surface area (Å²) in [6, 6.07) is 5.68. The van der Waals surface area contributed by atoms with Gasteiger partial charge in [-0.1, -0.05) is 6.92 Å². The number of anilines is 1. The average molecular weight is 316 g/mol. The van der Waals surface area contributed by atoms with Crippen molar-refractivity contribution in [1.82, 2.24) is 15.3 Å². The van der Waals surface area contributed by atoms with Crippen LogP contribution in [0.4, 0.5) is 5.82 Å². The van der Waals surface area contributed by atoms with Crippen LogP contribution in [-0.4, -0.2) is 22.4 Å². The minimum atomic E-state index is -0.117. The van der Waals surface area contributed by atoms with Crippen molar-refractivity contribution in [3.05, 3.63) is 41.4 Å². The molecule has 3 aromatic rings. The summed E-state index contributed by atoms with van der Waals surface area (Å²) >= 11 is 1.65. The molecule has 114 valence electrons. The fourth-order valence-corrected chi connectivity index (χ4v) is 2.98. The van der Waals surface area contributed by atoms with Gasteiger partial charge in [0.05, 0.1) is 24.7 Å². The summed E-state index contributed by atoms with van der Waals surface area (Å²) < 4.78 is 5.17. The van der Waals surface area contributed by atoms with Gasteiger partial charge in [-0.3, -0.25) is 4.79 Å². The molecule has 22 heavy (non-hydrogen) atoms. The highest BCUT2D eigenvalue weighted by molar-refractivity contribution is 7.18. The van der Waals surface area contributed by atoms with E-state index < -0.39 is 0 Å². The minimum Gasteiger partial charge on any atom is -0.467 e. The van der Waals surface area contributed by atoms with Crippen molar-refractivity contribution >= 4 is 33.3 Å². The van der Waals surface area contributed by atoms with E-state index in [-0.39, 0.29) is 12.5 Å². The second-order valence-corrected chi connectivity index (χ2v) is 5.83. The summed E-state index contributed by atoms with van der Waals surface area (Å²) in [7, 11) is 0. The molecule has 0 bridgehead atoms. The van der Waals surface area contributed by atoms with Gasteiger partial charge < -0.3 is 15.1 Å². The number of hydrogen-bond donors (Lipinski definition) is 2. The molecule has 0 saturated heterocycles. The van der Waals surface area contributed by atoms with Gasteiger partial charge in [0.25, 0.3) is 0 Å². The lowest BCUT2D eigenvalue weighted by Crippen LogP contribution is -2.29. The fraction of sp³-hybridized carbons (Fsp3) is 0.267. The van der Waals surface area contributed by atoms with Crippen molar-refractivity contribution in [2.45, 2.75) is 19.9 Å². The maximum atomic E-state index is 11.9. The Morgan fingerprint density at radius 3 is 3.09 bits per heavy atom. The van der Waals surface area contributed by atoms with Gasteiger partial charge in [0.15, 0.2) is 0 Å². The predicted molar refractivity (Wildman–Crippen MR) is 85.8 cm³/mol. The lowest BCUT2D eigenvalue weighted by atomic mass is 10.3. The summed E-state index contributed by atoms with van der Waals surface area (Å²) in [6.45, 7) is 2.64. The molecule has 2 N–H and O–H groups in total. The number of carbonyl (C=O) groups is 1. The van der Waals surface area contributed by atoms with Crippen molar-refractivity contribution in [2.75, 3.05) is 11.9 Å². The van der Waals surface area contributed by atoms with Crippen LogP contribution in [0.3, 0.4) is 0 Å². The van der Waals surface area contributed by atoms with E-state index in [1.807, 2.05) is 6.07 Å². The summed E-state index contributed by atoms with van der Waals surface area (Å²) in [4.78, 5) is 22.5. The molecule has 7 heteroatoms. The van der Waals surface area contributed by atoms with Crippen LogP contribution in [0.5, 0.6) is 0 Å². The first-order valence-electron chi connectivity index (χ1n) is 7.02. The number of aromatic nitrogens is 2. The third-order valence-electron chi connectivity index (χ3n) is 3.19. The molecule has 0 radical (unpaired) electrons. The molecule has 3 rings (SSSR count). The quantitative estimate of drug-likeness (QED) is 0.730. The Kier molecular flexibility index (Phi) is 4.34. The number of nitrogens with zero attached hydrogens (tertiary/aromatic N) is 2. The van der Waals surface area contributed by atoms with E-state index in [1.165, 1.54) is 11.2 Å². The number of furan rings is 1. The van der Waals surface area contributed by atoms with E-state index in [1.54, 1.807) is 23.7 Å². The Morgan fingerprint density at radius 2 is 2.32 bits per heavy atom. The standard InChI is InChI=1S/C15H16N4O2S/c1-2-11-6-12-14(18-9-19-15(12)22-11)17-8-13(20)16-7-10-4-3-5-21-10/h3-6,9H,2,7-8H2,1H3,(H,16,20)(H,17,18,19). The van der Waals surface area contributed by atoms with Crippen LogP contribution in [0.2, 0.25) is 0 Å². The molecule has 0 saturated carbocycles. The summed E-state index contributed by atoms with van der Waals surface area (Å²) in [5.41, 5.74) is 0. The number of thiophene rings is 1. The molecule has 0 aliphatic heterocycles. The molecular formula is C15H16N4O2S. The van der Waals surface area contributed by atoms with E-state index in [4.69, 9.17) is 4.42 Å². The molecule has 0 aliphatic carbocycles. The SMILES string of the molecule is CCc1cc2c(NCC(=O)NCc3ccco3)ncnc2s1. The zero-order valence-corrected chi connectivity index (χ0v) is 12.9. The highest BCUT2D eigenvalue weighted by Crippen LogP contribution is 2.28. The number of aryl methyl sites for hydroxylation is 1. The predicted octanol–water partition coefficient (Wildman–Crippen LogP) is 2.58. The molecule has 3 heterocycles. The van der Waals surface area contributed by atoms with Crippen LogP contribution in [-0.2, 0) is 17.8 Å². The topological polar surface area (TPSA) is 80.0 Å². The molecule has 6 nitrogen and oxygen atoms in total. The van der Waals surface area contributed by atoms with E-state index in [9.17, 15) is 4.79 Å². The van der Waals surface area contributed by atoms with Crippen molar-refractivity contribution in [2.24, 2.45) is 0 Å². The normalized spacial score (nSPS) is 10.8. The first-order chi connectivity index (χ1) is 10.8. The zero-order chi connectivity index (χ0) is 15.4. The lowest BCUT2D eigenvalue weighted by Gasteiger charge is -2.06. The Morgan fingerprint density at radius 1 is 1.41 bits per heavy atom. The third kappa shape index (κ3) is 3.25. The van der Waals surface area contributed by atoms with Crippen LogP contribution in [0.25, 0.3) is 10.2 Å². The van der Waals surface area contributed by atoms with Gasteiger partial charge in [0.2, 0.25) is 5.91 Å². The van der Waals surface area contributed by atoms with Gasteiger partial charge in [0.1, 0.15) is 22.7 Å². The van der Waals surface area contributed by atoms with E-state index in [2.05, 4.69) is 33.6 Å². The van der Waals surface area contributed by atoms with E-state index in [0.717, 1.165) is 22.4 Å². The van der Waals surface area contributed by atoms with Crippen LogP contribution in [0.15, 0.2) is 35.2 Å². The van der Waals surface area contributed by atoms with Crippen LogP contribution >= 0.6 is 11.3 Å². The summed E-state index contributed by atoms with van der Waals surface area (Å²) in [6.07, 6.45) is 4.06. The maximum Gasteiger partial charge on any atom is 0.239 e. The molecule has 0 fully saturated rings. The first kappa shape index (κ1) is 14.5. The first-order valence-corrected chi connectivity index (χ1v) is 7.84. The van der Waals surface area contributed by atoms with Gasteiger partial charge in [-0.05, 0) is 24.6 Å². The van der Waals surface area contributed by atoms with Gasteiger partial charge >= 0.3 is 0 Å². The molecule has 0 aromatic carbocycles. The number of rotatable bonds is 6. The minimum absolute atomic E-state index is 0.117. The highest BCUT2D eigenvalue weighted by atomic mass is 32.1. The monoisotopic (exact) mass is 316 g/mol. The largest absolute Gasteiger partial charge is 0.467 e. The Balaban J connectivity index is 1.61. The summed E-state index contributed by atoms with van der Waals surface area (Å²) in [5.74, 6) is 1.30. The van der Waals surface area contributed by atoms with E-state index >= 15 is 0 Å². The maximum absolute atomic E-state index is 11.9. The Bertz CT molecular complexity index is 767. The van der Waals surface area contributed by atoms with Gasteiger partial charge in [-0.2, -0.15) is 0 Å². The smallest absolute Gasteiger partial charge is 0.239 e. The third-order valence-corrected chi connectivity index (χ3v) is 4.37. The van der Waals surface area contributed by atoms with Crippen molar-refractivity contribution < 1.29 is 9.21 Å². The highest BCUT2D eigenvalue weighted by Gasteiger charge is 2.09.